The van der Waals surface area contributed by atoms with E-state index in [1.807, 2.05) is 0 Å². The van der Waals surface area contributed by atoms with Gasteiger partial charge in [-0.25, -0.2) is 17.7 Å². The van der Waals surface area contributed by atoms with Gasteiger partial charge in [0.1, 0.15) is 11.9 Å². The molecule has 2 saturated heterocycles. The summed E-state index contributed by atoms with van der Waals surface area (Å²) in [7, 11) is -3.89. The molecule has 0 bridgehead atoms. The predicted molar refractivity (Wildman–Crippen MR) is 131 cm³/mol. The maximum Gasteiger partial charge on any atom is 0.255 e. The molecule has 2 fully saturated rings. The minimum absolute atomic E-state index is 0.0227. The fourth-order valence-electron chi connectivity index (χ4n) is 5.24. The van der Waals surface area contributed by atoms with E-state index in [-0.39, 0.29) is 65.5 Å². The van der Waals surface area contributed by atoms with Crippen LogP contribution in [0.4, 0.5) is 10.1 Å². The van der Waals surface area contributed by atoms with Crippen molar-refractivity contribution in [2.45, 2.75) is 49.1 Å². The second kappa shape index (κ2) is 9.52. The lowest BCUT2D eigenvalue weighted by molar-refractivity contribution is -0.136. The van der Waals surface area contributed by atoms with Gasteiger partial charge in [0.15, 0.2) is 5.69 Å². The van der Waals surface area contributed by atoms with E-state index in [1.54, 1.807) is 6.07 Å². The van der Waals surface area contributed by atoms with E-state index in [4.69, 9.17) is 18.2 Å². The molecule has 37 heavy (non-hydrogen) atoms. The highest BCUT2D eigenvalue weighted by Gasteiger charge is 2.40. The Bertz CT molecular complexity index is 1480. The molecule has 1 unspecified atom stereocenters. The summed E-state index contributed by atoms with van der Waals surface area (Å²) in [6.07, 6.45) is 1.10. The normalized spacial score (nSPS) is 21.1. The fraction of sp³-hybridized carbons (Fsp3) is 0.360. The number of nitrogens with zero attached hydrogens (tertiary/aromatic N) is 3. The molecule has 0 spiro atoms. The largest absolute Gasteiger partial charge is 0.322 e. The molecule has 1 atom stereocenters. The van der Waals surface area contributed by atoms with Crippen LogP contribution in [0, 0.1) is 12.4 Å². The number of sulfonamides is 1. The zero-order chi connectivity index (χ0) is 26.5. The number of benzene rings is 2. The highest BCUT2D eigenvalue weighted by molar-refractivity contribution is 7.89. The number of piperidine rings is 2. The monoisotopic (exact) mass is 544 g/mol. The second-order valence-electron chi connectivity index (χ2n) is 9.34. The van der Waals surface area contributed by atoms with E-state index in [1.165, 1.54) is 33.5 Å². The third-order valence-electron chi connectivity index (χ3n) is 7.20. The Kier molecular flexibility index (Phi) is 6.52. The van der Waals surface area contributed by atoms with Crippen molar-refractivity contribution in [3.63, 3.8) is 0 Å². The van der Waals surface area contributed by atoms with Crippen molar-refractivity contribution in [1.29, 1.82) is 0 Å². The summed E-state index contributed by atoms with van der Waals surface area (Å²) in [6, 6.07) is 6.09. The second-order valence-corrected chi connectivity index (χ2v) is 11.6. The van der Waals surface area contributed by atoms with Crippen LogP contribution in [0.1, 0.15) is 53.1 Å². The van der Waals surface area contributed by atoms with E-state index in [2.05, 4.69) is 10.2 Å². The van der Waals surface area contributed by atoms with E-state index in [0.717, 1.165) is 0 Å². The number of fused-ring (bicyclic) bond motifs is 1. The zero-order valence-corrected chi connectivity index (χ0v) is 21.1. The van der Waals surface area contributed by atoms with Gasteiger partial charge in [-0.3, -0.25) is 19.7 Å². The van der Waals surface area contributed by atoms with Crippen LogP contribution in [0.15, 0.2) is 35.2 Å². The third-order valence-corrected chi connectivity index (χ3v) is 9.58. The van der Waals surface area contributed by atoms with Crippen molar-refractivity contribution in [1.82, 2.24) is 14.5 Å². The van der Waals surface area contributed by atoms with Crippen LogP contribution in [0.2, 0.25) is 5.02 Å². The fourth-order valence-corrected chi connectivity index (χ4v) is 7.22. The molecule has 192 valence electrons. The van der Waals surface area contributed by atoms with Gasteiger partial charge >= 0.3 is 0 Å². The highest BCUT2D eigenvalue weighted by Crippen LogP contribution is 2.37. The smallest absolute Gasteiger partial charge is 0.255 e. The topological polar surface area (TPSA) is 108 Å². The lowest BCUT2D eigenvalue weighted by atomic mass is 9.88. The Morgan fingerprint density at radius 1 is 1.08 bits per heavy atom. The molecule has 0 saturated carbocycles. The van der Waals surface area contributed by atoms with Crippen LogP contribution in [-0.2, 0) is 26.2 Å². The van der Waals surface area contributed by atoms with Crippen LogP contribution >= 0.6 is 11.6 Å². The lowest BCUT2D eigenvalue weighted by Gasteiger charge is -2.32. The Hall–Kier alpha value is -3.33. The van der Waals surface area contributed by atoms with Crippen molar-refractivity contribution in [3.8, 4) is 0 Å². The number of amides is 3. The summed E-state index contributed by atoms with van der Waals surface area (Å²) >= 11 is 6.14. The third kappa shape index (κ3) is 4.50. The molecule has 3 heterocycles. The number of carbonyl (C=O) groups excluding carboxylic acids is 3. The van der Waals surface area contributed by atoms with Crippen LogP contribution in [-0.4, -0.2) is 54.5 Å². The number of halogens is 2. The van der Waals surface area contributed by atoms with Crippen LogP contribution in [0.5, 0.6) is 0 Å². The summed E-state index contributed by atoms with van der Waals surface area (Å²) in [6.45, 7) is 7.50. The molecule has 0 radical (unpaired) electrons. The first kappa shape index (κ1) is 25.3. The quantitative estimate of drug-likeness (QED) is 0.469. The molecule has 1 N–H and O–H groups in total. The number of carbonyl (C=O) groups is 3. The molecule has 0 aromatic heterocycles. The number of imide groups is 1. The number of rotatable bonds is 4. The van der Waals surface area contributed by atoms with Crippen molar-refractivity contribution >= 4 is 45.0 Å². The standard InChI is InChI=1S/C25H22ClFN4O5S/c1-28-16-2-4-22(19(26)11-16)37(35,36)30-8-6-14(7-9-30)17-10-15-13-31(25(34)18(15)12-20(17)27)21-3-5-23(32)29-24(21)33/h2,4,10-12,14,21H,3,5-9,13H2,(H,29,32,33). The zero-order valence-electron chi connectivity index (χ0n) is 19.5. The van der Waals surface area contributed by atoms with E-state index in [9.17, 15) is 22.8 Å². The first-order chi connectivity index (χ1) is 17.6. The van der Waals surface area contributed by atoms with Gasteiger partial charge < -0.3 is 4.90 Å². The Morgan fingerprint density at radius 3 is 2.46 bits per heavy atom. The summed E-state index contributed by atoms with van der Waals surface area (Å²) in [5.41, 5.74) is 1.45. The van der Waals surface area contributed by atoms with Gasteiger partial charge in [0.25, 0.3) is 5.91 Å². The van der Waals surface area contributed by atoms with Gasteiger partial charge in [-0.15, -0.1) is 0 Å². The molecule has 2 aromatic carbocycles. The van der Waals surface area contributed by atoms with Crippen LogP contribution in [0.3, 0.4) is 0 Å². The minimum atomic E-state index is -3.89. The molecule has 2 aromatic rings. The maximum atomic E-state index is 15.2. The Labute approximate surface area is 218 Å². The highest BCUT2D eigenvalue weighted by atomic mass is 35.5. The number of hydrogen-bond acceptors (Lipinski definition) is 5. The summed E-state index contributed by atoms with van der Waals surface area (Å²) < 4.78 is 42.7. The van der Waals surface area contributed by atoms with Gasteiger partial charge in [0.05, 0.1) is 16.5 Å². The predicted octanol–water partition coefficient (Wildman–Crippen LogP) is 3.36. The Balaban J connectivity index is 1.31. The molecule has 12 heteroatoms. The van der Waals surface area contributed by atoms with Crippen molar-refractivity contribution in [2.24, 2.45) is 0 Å². The van der Waals surface area contributed by atoms with Crippen molar-refractivity contribution in [2.75, 3.05) is 13.1 Å². The van der Waals surface area contributed by atoms with Crippen molar-refractivity contribution < 1.29 is 27.2 Å². The lowest BCUT2D eigenvalue weighted by Crippen LogP contribution is -2.52. The van der Waals surface area contributed by atoms with Gasteiger partial charge in [0, 0.05) is 31.6 Å². The average Bonchev–Trinajstić information content (AvgIpc) is 3.18. The van der Waals surface area contributed by atoms with Gasteiger partial charge in [-0.2, -0.15) is 4.31 Å². The van der Waals surface area contributed by atoms with Gasteiger partial charge in [0.2, 0.25) is 21.8 Å². The maximum absolute atomic E-state index is 15.2. The average molecular weight is 545 g/mol. The van der Waals surface area contributed by atoms with Gasteiger partial charge in [-0.05, 0) is 48.4 Å². The molecular formula is C25H22ClFN4O5S. The first-order valence-corrected chi connectivity index (χ1v) is 13.6. The number of hydrogen-bond donors (Lipinski definition) is 1. The van der Waals surface area contributed by atoms with Gasteiger partial charge in [-0.1, -0.05) is 29.8 Å². The molecule has 5 rings (SSSR count). The van der Waals surface area contributed by atoms with Crippen LogP contribution in [0.25, 0.3) is 4.85 Å². The van der Waals surface area contributed by atoms with E-state index < -0.39 is 33.7 Å². The summed E-state index contributed by atoms with van der Waals surface area (Å²) in [5, 5.41) is 2.22. The molecule has 3 aliphatic rings. The summed E-state index contributed by atoms with van der Waals surface area (Å²) in [5.74, 6) is -2.16. The van der Waals surface area contributed by atoms with E-state index >= 15 is 4.39 Å². The molecule has 0 aliphatic carbocycles. The number of nitrogens with one attached hydrogen (secondary N) is 1. The first-order valence-electron chi connectivity index (χ1n) is 11.7. The van der Waals surface area contributed by atoms with Crippen LogP contribution < -0.4 is 5.32 Å². The molecule has 3 amide bonds. The minimum Gasteiger partial charge on any atom is -0.322 e. The van der Waals surface area contributed by atoms with Crippen molar-refractivity contribution in [3.05, 3.63) is 69.3 Å². The Morgan fingerprint density at radius 2 is 1.81 bits per heavy atom. The molecule has 9 nitrogen and oxygen atoms in total. The SMILES string of the molecule is [C-]#[N+]c1ccc(S(=O)(=O)N2CCC(c3cc4c(cc3F)C(=O)N(C3CCC(=O)NC3=O)C4)CC2)c(Cl)c1. The van der Waals surface area contributed by atoms with E-state index in [0.29, 0.717) is 24.0 Å². The summed E-state index contributed by atoms with van der Waals surface area (Å²) in [4.78, 5) is 41.2. The molecule has 3 aliphatic heterocycles. The molecular weight excluding hydrogens is 523 g/mol.